The van der Waals surface area contributed by atoms with Crippen LogP contribution < -0.4 is 11.2 Å². The number of nitrogens with one attached hydrogen (secondary N) is 1. The van der Waals surface area contributed by atoms with Gasteiger partial charge in [0.05, 0.1) is 12.8 Å². The summed E-state index contributed by atoms with van der Waals surface area (Å²) in [5, 5.41) is 0. The smallest absolute Gasteiger partial charge is 0.330 e. The fraction of sp³-hybridized carbons (Fsp3) is 0.583. The zero-order valence-electron chi connectivity index (χ0n) is 19.7. The van der Waals surface area contributed by atoms with Crippen molar-refractivity contribution in [2.75, 3.05) is 0 Å². The number of fused-ring (bicyclic) bond motifs is 1. The Morgan fingerprint density at radius 1 is 1.30 bits per heavy atom. The molecule has 9 nitrogen and oxygen atoms in total. The molecule has 33 heavy (non-hydrogen) atoms. The number of nitrogens with zero attached hydrogens (tertiary/aromatic N) is 4. The van der Waals surface area contributed by atoms with Crippen molar-refractivity contribution in [2.24, 2.45) is 5.92 Å². The van der Waals surface area contributed by atoms with Crippen molar-refractivity contribution in [3.63, 3.8) is 0 Å². The average molecular weight is 456 g/mol. The van der Waals surface area contributed by atoms with Crippen LogP contribution in [-0.2, 0) is 30.8 Å². The Morgan fingerprint density at radius 2 is 2.09 bits per heavy atom. The Hall–Kier alpha value is -3.10. The molecule has 0 bridgehead atoms. The van der Waals surface area contributed by atoms with E-state index in [1.54, 1.807) is 10.8 Å². The molecule has 1 fully saturated rings. The lowest BCUT2D eigenvalue weighted by molar-refractivity contribution is -0.132. The number of amides is 1. The molecule has 1 amide bonds. The molecule has 0 aromatic carbocycles. The van der Waals surface area contributed by atoms with Crippen LogP contribution in [0.3, 0.4) is 0 Å². The molecule has 9 heteroatoms. The molecule has 0 radical (unpaired) electrons. The van der Waals surface area contributed by atoms with E-state index in [2.05, 4.69) is 25.8 Å². The van der Waals surface area contributed by atoms with Crippen molar-refractivity contribution in [1.29, 1.82) is 0 Å². The maximum atomic E-state index is 13.1. The second-order valence-electron chi connectivity index (χ2n) is 9.30. The molecule has 0 aliphatic heterocycles. The van der Waals surface area contributed by atoms with E-state index in [0.29, 0.717) is 43.0 Å². The number of aryl methyl sites for hydroxylation is 2. The number of carbonyl (C=O) groups excluding carboxylic acids is 1. The largest absolute Gasteiger partial charge is 0.467 e. The Balaban J connectivity index is 1.63. The minimum absolute atomic E-state index is 0.0503. The summed E-state index contributed by atoms with van der Waals surface area (Å²) in [4.78, 5) is 47.4. The van der Waals surface area contributed by atoms with Gasteiger partial charge in [-0.15, -0.1) is 0 Å². The van der Waals surface area contributed by atoms with Crippen LogP contribution in [0.25, 0.3) is 11.2 Å². The summed E-state index contributed by atoms with van der Waals surface area (Å²) in [5.74, 6) is 1.76. The van der Waals surface area contributed by atoms with Gasteiger partial charge in [0.25, 0.3) is 5.56 Å². The number of rotatable bonds is 11. The quantitative estimate of drug-likeness (QED) is 0.478. The van der Waals surface area contributed by atoms with Crippen molar-refractivity contribution in [3.8, 4) is 0 Å². The zero-order chi connectivity index (χ0) is 23.5. The van der Waals surface area contributed by atoms with Crippen molar-refractivity contribution in [1.82, 2.24) is 24.0 Å². The van der Waals surface area contributed by atoms with E-state index in [4.69, 9.17) is 9.40 Å². The van der Waals surface area contributed by atoms with E-state index in [1.807, 2.05) is 21.6 Å². The van der Waals surface area contributed by atoms with E-state index in [1.165, 1.54) is 0 Å². The van der Waals surface area contributed by atoms with Crippen LogP contribution in [0.2, 0.25) is 0 Å². The molecule has 0 spiro atoms. The van der Waals surface area contributed by atoms with Gasteiger partial charge in [-0.3, -0.25) is 19.1 Å². The van der Waals surface area contributed by atoms with Crippen LogP contribution in [-0.4, -0.2) is 36.0 Å². The molecule has 1 N–H and O–H groups in total. The first kappa shape index (κ1) is 23.1. The minimum Gasteiger partial charge on any atom is -0.467 e. The number of aromatic amines is 1. The van der Waals surface area contributed by atoms with E-state index >= 15 is 0 Å². The first-order valence-electron chi connectivity index (χ1n) is 11.9. The molecule has 1 saturated carbocycles. The first-order chi connectivity index (χ1) is 15.9. The van der Waals surface area contributed by atoms with Gasteiger partial charge in [0, 0.05) is 32.0 Å². The highest BCUT2D eigenvalue weighted by Gasteiger charge is 2.33. The van der Waals surface area contributed by atoms with Gasteiger partial charge in [0.15, 0.2) is 11.2 Å². The Kier molecular flexibility index (Phi) is 6.85. The number of aromatic nitrogens is 4. The predicted octanol–water partition coefficient (Wildman–Crippen LogP) is 3.06. The van der Waals surface area contributed by atoms with Crippen molar-refractivity contribution in [3.05, 3.63) is 50.8 Å². The van der Waals surface area contributed by atoms with E-state index < -0.39 is 11.2 Å². The molecule has 3 heterocycles. The average Bonchev–Trinajstić information content (AvgIpc) is 3.35. The van der Waals surface area contributed by atoms with Crippen molar-refractivity contribution >= 4 is 17.1 Å². The standard InChI is InChI=1S/C24H33N5O4/c1-4-5-12-27-22-21(23(31)26-24(27)32)29(14-16(2)3)19(25-22)10-11-20(30)28(17-8-9-17)15-18-7-6-13-33-18/h6-7,13,16-17H,4-5,8-12,14-15H2,1-3H3,(H,26,31,32). The number of imidazole rings is 1. The molecule has 4 rings (SSSR count). The molecule has 0 atom stereocenters. The van der Waals surface area contributed by atoms with E-state index in [9.17, 15) is 14.4 Å². The van der Waals surface area contributed by atoms with Crippen molar-refractivity contribution in [2.45, 2.75) is 85.0 Å². The lowest BCUT2D eigenvalue weighted by atomic mass is 10.2. The highest BCUT2D eigenvalue weighted by atomic mass is 16.3. The molecule has 0 unspecified atom stereocenters. The summed E-state index contributed by atoms with van der Waals surface area (Å²) in [6.45, 7) is 7.75. The van der Waals surface area contributed by atoms with Crippen LogP contribution >= 0.6 is 0 Å². The fourth-order valence-corrected chi connectivity index (χ4v) is 4.23. The van der Waals surface area contributed by atoms with Gasteiger partial charge in [0.1, 0.15) is 11.6 Å². The Morgan fingerprint density at radius 3 is 2.73 bits per heavy atom. The monoisotopic (exact) mass is 455 g/mol. The minimum atomic E-state index is -0.434. The molecule has 1 aliphatic rings. The summed E-state index contributed by atoms with van der Waals surface area (Å²) in [6.07, 6.45) is 6.07. The van der Waals surface area contributed by atoms with Gasteiger partial charge < -0.3 is 13.9 Å². The molecule has 0 saturated heterocycles. The van der Waals surface area contributed by atoms with Gasteiger partial charge in [0.2, 0.25) is 5.91 Å². The third-order valence-corrected chi connectivity index (χ3v) is 6.02. The third kappa shape index (κ3) is 5.12. The summed E-state index contributed by atoms with van der Waals surface area (Å²) in [6, 6.07) is 3.97. The van der Waals surface area contributed by atoms with Gasteiger partial charge in [-0.05, 0) is 37.3 Å². The Labute approximate surface area is 192 Å². The summed E-state index contributed by atoms with van der Waals surface area (Å²) >= 11 is 0. The van der Waals surface area contributed by atoms with E-state index in [0.717, 1.165) is 31.4 Å². The lowest BCUT2D eigenvalue weighted by Crippen LogP contribution is -2.32. The molecule has 1 aliphatic carbocycles. The molecule has 178 valence electrons. The topological polar surface area (TPSA) is 106 Å². The van der Waals surface area contributed by atoms with Crippen LogP contribution in [0.5, 0.6) is 0 Å². The number of H-pyrrole nitrogens is 1. The first-order valence-corrected chi connectivity index (χ1v) is 11.9. The second-order valence-corrected chi connectivity index (χ2v) is 9.30. The van der Waals surface area contributed by atoms with Crippen LogP contribution in [0, 0.1) is 5.92 Å². The third-order valence-electron chi connectivity index (χ3n) is 6.02. The molecule has 3 aromatic rings. The molecular formula is C24H33N5O4. The maximum Gasteiger partial charge on any atom is 0.330 e. The Bertz CT molecular complexity index is 1210. The van der Waals surface area contributed by atoms with E-state index in [-0.39, 0.29) is 24.3 Å². The summed E-state index contributed by atoms with van der Waals surface area (Å²) < 4.78 is 8.89. The van der Waals surface area contributed by atoms with Crippen LogP contribution in [0.4, 0.5) is 0 Å². The van der Waals surface area contributed by atoms with Crippen LogP contribution in [0.1, 0.15) is 64.5 Å². The lowest BCUT2D eigenvalue weighted by Gasteiger charge is -2.21. The summed E-state index contributed by atoms with van der Waals surface area (Å²) in [7, 11) is 0. The van der Waals surface area contributed by atoms with Gasteiger partial charge in [-0.25, -0.2) is 9.78 Å². The SMILES string of the molecule is CCCCn1c(=O)[nH]c(=O)c2c1nc(CCC(=O)N(Cc1ccco1)C1CC1)n2CC(C)C. The molecule has 3 aromatic heterocycles. The number of hydrogen-bond acceptors (Lipinski definition) is 5. The van der Waals surface area contributed by atoms with Crippen LogP contribution in [0.15, 0.2) is 32.4 Å². The van der Waals surface area contributed by atoms with Gasteiger partial charge in [-0.1, -0.05) is 27.2 Å². The highest BCUT2D eigenvalue weighted by Crippen LogP contribution is 2.29. The molecular weight excluding hydrogens is 422 g/mol. The number of furan rings is 1. The van der Waals surface area contributed by atoms with Gasteiger partial charge >= 0.3 is 5.69 Å². The zero-order valence-corrected chi connectivity index (χ0v) is 19.7. The maximum absolute atomic E-state index is 13.1. The fourth-order valence-electron chi connectivity index (χ4n) is 4.23. The van der Waals surface area contributed by atoms with Gasteiger partial charge in [-0.2, -0.15) is 0 Å². The number of hydrogen-bond donors (Lipinski definition) is 1. The second kappa shape index (κ2) is 9.80. The van der Waals surface area contributed by atoms with Crippen molar-refractivity contribution < 1.29 is 9.21 Å². The normalized spacial score (nSPS) is 13.8. The summed E-state index contributed by atoms with van der Waals surface area (Å²) in [5.41, 5.74) is -0.0338. The number of unbranched alkanes of at least 4 members (excludes halogenated alkanes) is 1. The number of carbonyl (C=O) groups is 1. The highest BCUT2D eigenvalue weighted by molar-refractivity contribution is 5.77. The predicted molar refractivity (Wildman–Crippen MR) is 125 cm³/mol.